The molecule has 0 spiro atoms. The molecule has 0 aliphatic heterocycles. The van der Waals surface area contributed by atoms with Crippen LogP contribution in [0.4, 0.5) is 10.1 Å². The Morgan fingerprint density at radius 3 is 2.31 bits per heavy atom. The molecule has 8 heteroatoms. The zero-order valence-electron chi connectivity index (χ0n) is 13.6. The Bertz CT molecular complexity index is 1050. The number of hydrogen-bond acceptors (Lipinski definition) is 4. The van der Waals surface area contributed by atoms with Gasteiger partial charge in [-0.15, -0.1) is 0 Å². The average molecular weight is 373 g/mol. The first-order valence-electron chi connectivity index (χ1n) is 7.68. The summed E-state index contributed by atoms with van der Waals surface area (Å²) in [5.41, 5.74) is 2.23. The topological polar surface area (TPSA) is 92.5 Å². The molecule has 0 bridgehead atoms. The van der Waals surface area contributed by atoms with Crippen molar-refractivity contribution >= 4 is 32.4 Å². The standard InChI is InChI=1S/C18H16FN3O3S/c19-15-6-9-17(10-7-15)26(24,25)22(12-18(23)21-20)16-8-5-13-3-1-2-4-14(13)11-16/h1-11H,12,20H2,(H,21,23). The van der Waals surface area contributed by atoms with Gasteiger partial charge in [0.25, 0.3) is 15.9 Å². The third-order valence-electron chi connectivity index (χ3n) is 3.87. The minimum Gasteiger partial charge on any atom is -0.293 e. The Balaban J connectivity index is 2.11. The molecule has 3 N–H and O–H groups in total. The number of carbonyl (C=O) groups excluding carboxylic acids is 1. The smallest absolute Gasteiger partial charge is 0.264 e. The number of hydrazine groups is 1. The first kappa shape index (κ1) is 17.8. The molecule has 6 nitrogen and oxygen atoms in total. The maximum atomic E-state index is 13.1. The molecule has 3 aromatic carbocycles. The maximum Gasteiger partial charge on any atom is 0.264 e. The molecule has 0 atom stereocenters. The van der Waals surface area contributed by atoms with Crippen LogP contribution in [0, 0.1) is 5.82 Å². The molecule has 0 radical (unpaired) electrons. The predicted octanol–water partition coefficient (Wildman–Crippen LogP) is 2.16. The molecule has 3 aromatic rings. The molecular formula is C18H16FN3O3S. The molecule has 1 amide bonds. The lowest BCUT2D eigenvalue weighted by Gasteiger charge is -2.24. The monoisotopic (exact) mass is 373 g/mol. The Labute approximate surface area is 150 Å². The van der Waals surface area contributed by atoms with Crippen LogP contribution in [0.25, 0.3) is 10.8 Å². The number of carbonyl (C=O) groups is 1. The molecule has 26 heavy (non-hydrogen) atoms. The molecule has 3 rings (SSSR count). The van der Waals surface area contributed by atoms with Crippen LogP contribution in [0.15, 0.2) is 71.6 Å². The summed E-state index contributed by atoms with van der Waals surface area (Å²) in [5.74, 6) is 3.89. The van der Waals surface area contributed by atoms with Crippen molar-refractivity contribution in [2.75, 3.05) is 10.8 Å². The van der Waals surface area contributed by atoms with Gasteiger partial charge in [-0.2, -0.15) is 0 Å². The second kappa shape index (κ2) is 7.11. The number of nitrogens with one attached hydrogen (secondary N) is 1. The predicted molar refractivity (Wildman–Crippen MR) is 97.2 cm³/mol. The highest BCUT2D eigenvalue weighted by atomic mass is 32.2. The summed E-state index contributed by atoms with van der Waals surface area (Å²) in [5, 5.41) is 1.75. The molecule has 0 fully saturated rings. The zero-order chi connectivity index (χ0) is 18.7. The van der Waals surface area contributed by atoms with Gasteiger partial charge in [0.15, 0.2) is 0 Å². The van der Waals surface area contributed by atoms with E-state index in [-0.39, 0.29) is 4.90 Å². The highest BCUT2D eigenvalue weighted by Gasteiger charge is 2.27. The molecule has 0 aliphatic rings. The summed E-state index contributed by atoms with van der Waals surface area (Å²) in [6.07, 6.45) is 0. The van der Waals surface area contributed by atoms with Crippen molar-refractivity contribution in [3.8, 4) is 0 Å². The lowest BCUT2D eigenvalue weighted by molar-refractivity contribution is -0.119. The van der Waals surface area contributed by atoms with Gasteiger partial charge in [-0.05, 0) is 47.2 Å². The quantitative estimate of drug-likeness (QED) is 0.407. The molecule has 0 saturated heterocycles. The highest BCUT2D eigenvalue weighted by Crippen LogP contribution is 2.27. The maximum absolute atomic E-state index is 13.1. The fraction of sp³-hybridized carbons (Fsp3) is 0.0556. The fourth-order valence-electron chi connectivity index (χ4n) is 2.56. The van der Waals surface area contributed by atoms with Crippen molar-refractivity contribution in [1.29, 1.82) is 0 Å². The fourth-order valence-corrected chi connectivity index (χ4v) is 3.97. The summed E-state index contributed by atoms with van der Waals surface area (Å²) in [4.78, 5) is 11.7. The van der Waals surface area contributed by atoms with Gasteiger partial charge >= 0.3 is 0 Å². The molecule has 0 heterocycles. The average Bonchev–Trinajstić information content (AvgIpc) is 2.65. The van der Waals surface area contributed by atoms with Crippen molar-refractivity contribution < 1.29 is 17.6 Å². The van der Waals surface area contributed by atoms with Crippen LogP contribution >= 0.6 is 0 Å². The van der Waals surface area contributed by atoms with Crippen molar-refractivity contribution in [2.45, 2.75) is 4.90 Å². The molecule has 0 aromatic heterocycles. The number of rotatable bonds is 5. The van der Waals surface area contributed by atoms with Crippen molar-refractivity contribution in [3.63, 3.8) is 0 Å². The van der Waals surface area contributed by atoms with Crippen LogP contribution in [-0.4, -0.2) is 20.9 Å². The first-order chi connectivity index (χ1) is 12.4. The van der Waals surface area contributed by atoms with E-state index in [1.54, 1.807) is 18.2 Å². The van der Waals surface area contributed by atoms with Crippen LogP contribution < -0.4 is 15.6 Å². The number of sulfonamides is 1. The Morgan fingerprint density at radius 1 is 1.00 bits per heavy atom. The Kier molecular flexibility index (Phi) is 4.88. The Hall–Kier alpha value is -2.97. The Morgan fingerprint density at radius 2 is 1.65 bits per heavy atom. The van der Waals surface area contributed by atoms with E-state index < -0.39 is 28.3 Å². The number of fused-ring (bicyclic) bond motifs is 1. The number of anilines is 1. The second-order valence-electron chi connectivity index (χ2n) is 5.56. The zero-order valence-corrected chi connectivity index (χ0v) is 14.4. The SMILES string of the molecule is NNC(=O)CN(c1ccc2ccccc2c1)S(=O)(=O)c1ccc(F)cc1. The minimum atomic E-state index is -4.09. The van der Waals surface area contributed by atoms with Crippen LogP contribution in [-0.2, 0) is 14.8 Å². The van der Waals surface area contributed by atoms with E-state index in [0.29, 0.717) is 5.69 Å². The number of nitrogens with zero attached hydrogens (tertiary/aromatic N) is 1. The molecule has 134 valence electrons. The number of amides is 1. The normalized spacial score (nSPS) is 11.3. The molecule has 0 aliphatic carbocycles. The third kappa shape index (κ3) is 3.51. The van der Waals surface area contributed by atoms with Crippen LogP contribution in [0.5, 0.6) is 0 Å². The lowest BCUT2D eigenvalue weighted by Crippen LogP contribution is -2.43. The highest BCUT2D eigenvalue weighted by molar-refractivity contribution is 7.92. The van der Waals surface area contributed by atoms with Gasteiger partial charge in [0.2, 0.25) is 0 Å². The van der Waals surface area contributed by atoms with Crippen LogP contribution in [0.1, 0.15) is 0 Å². The van der Waals surface area contributed by atoms with E-state index in [1.165, 1.54) is 0 Å². The number of benzene rings is 3. The first-order valence-corrected chi connectivity index (χ1v) is 9.12. The summed E-state index contributed by atoms with van der Waals surface area (Å²) in [6, 6.07) is 16.9. The summed E-state index contributed by atoms with van der Waals surface area (Å²) < 4.78 is 40.1. The van der Waals surface area contributed by atoms with Gasteiger partial charge in [0.05, 0.1) is 10.6 Å². The van der Waals surface area contributed by atoms with E-state index >= 15 is 0 Å². The number of nitrogens with two attached hydrogens (primary N) is 1. The minimum absolute atomic E-state index is 0.128. The third-order valence-corrected chi connectivity index (χ3v) is 5.66. The molecule has 0 unspecified atom stereocenters. The van der Waals surface area contributed by atoms with Gasteiger partial charge in [-0.3, -0.25) is 14.5 Å². The van der Waals surface area contributed by atoms with Crippen LogP contribution in [0.3, 0.4) is 0 Å². The molecule has 0 saturated carbocycles. The van der Waals surface area contributed by atoms with Gasteiger partial charge in [0, 0.05) is 0 Å². The second-order valence-corrected chi connectivity index (χ2v) is 7.43. The summed E-state index contributed by atoms with van der Waals surface area (Å²) in [6.45, 7) is -0.505. The van der Waals surface area contributed by atoms with E-state index in [9.17, 15) is 17.6 Å². The van der Waals surface area contributed by atoms with E-state index in [0.717, 1.165) is 39.3 Å². The van der Waals surface area contributed by atoms with E-state index in [4.69, 9.17) is 5.84 Å². The summed E-state index contributed by atoms with van der Waals surface area (Å²) >= 11 is 0. The van der Waals surface area contributed by atoms with Gasteiger partial charge in [-0.1, -0.05) is 30.3 Å². The van der Waals surface area contributed by atoms with Crippen LogP contribution in [0.2, 0.25) is 0 Å². The number of hydrogen-bond donors (Lipinski definition) is 2. The van der Waals surface area contributed by atoms with Gasteiger partial charge in [0.1, 0.15) is 12.4 Å². The number of halogens is 1. The van der Waals surface area contributed by atoms with E-state index in [1.807, 2.05) is 29.7 Å². The van der Waals surface area contributed by atoms with Gasteiger partial charge < -0.3 is 0 Å². The summed E-state index contributed by atoms with van der Waals surface area (Å²) in [7, 11) is -4.09. The van der Waals surface area contributed by atoms with Crippen molar-refractivity contribution in [1.82, 2.24) is 5.43 Å². The lowest BCUT2D eigenvalue weighted by atomic mass is 10.1. The largest absolute Gasteiger partial charge is 0.293 e. The van der Waals surface area contributed by atoms with Crippen molar-refractivity contribution in [3.05, 3.63) is 72.5 Å². The van der Waals surface area contributed by atoms with E-state index in [2.05, 4.69) is 0 Å². The van der Waals surface area contributed by atoms with Gasteiger partial charge in [-0.25, -0.2) is 18.7 Å². The molecular weight excluding hydrogens is 357 g/mol. The van der Waals surface area contributed by atoms with Crippen molar-refractivity contribution in [2.24, 2.45) is 5.84 Å².